The van der Waals surface area contributed by atoms with Gasteiger partial charge in [-0.05, 0) is 17.7 Å². The molecule has 78 valence electrons. The van der Waals surface area contributed by atoms with E-state index in [1.807, 2.05) is 0 Å². The molecule has 0 saturated carbocycles. The summed E-state index contributed by atoms with van der Waals surface area (Å²) in [6.07, 6.45) is 2.80. The standard InChI is InChI=1S/C10H8ClFN2O/c11-10-3-8(12)2-1-7(10)5-14-6-9(15)4-13-14/h1-4,6,15H,5H2. The van der Waals surface area contributed by atoms with Gasteiger partial charge in [0.25, 0.3) is 0 Å². The number of nitrogens with zero attached hydrogens (tertiary/aromatic N) is 2. The predicted octanol–water partition coefficient (Wildman–Crippen LogP) is 2.43. The van der Waals surface area contributed by atoms with E-state index in [2.05, 4.69) is 5.10 Å². The third kappa shape index (κ3) is 2.27. The molecule has 0 aliphatic rings. The summed E-state index contributed by atoms with van der Waals surface area (Å²) in [7, 11) is 0. The molecule has 0 radical (unpaired) electrons. The summed E-state index contributed by atoms with van der Waals surface area (Å²) in [5.74, 6) is -0.278. The van der Waals surface area contributed by atoms with Gasteiger partial charge in [-0.3, -0.25) is 4.68 Å². The molecule has 0 atom stereocenters. The molecule has 0 saturated heterocycles. The van der Waals surface area contributed by atoms with E-state index in [0.29, 0.717) is 11.6 Å². The molecule has 1 heterocycles. The maximum atomic E-state index is 12.7. The highest BCUT2D eigenvalue weighted by atomic mass is 35.5. The monoisotopic (exact) mass is 226 g/mol. The van der Waals surface area contributed by atoms with Crippen LogP contribution in [0.15, 0.2) is 30.6 Å². The molecule has 2 rings (SSSR count). The van der Waals surface area contributed by atoms with Gasteiger partial charge in [0.2, 0.25) is 0 Å². The van der Waals surface area contributed by atoms with Crippen molar-refractivity contribution >= 4 is 11.6 Å². The minimum atomic E-state index is -0.368. The van der Waals surface area contributed by atoms with Gasteiger partial charge in [0.1, 0.15) is 5.82 Å². The first kappa shape index (κ1) is 9.98. The summed E-state index contributed by atoms with van der Waals surface area (Å²) in [4.78, 5) is 0. The van der Waals surface area contributed by atoms with Crippen molar-refractivity contribution in [3.8, 4) is 5.75 Å². The molecule has 0 unspecified atom stereocenters. The van der Waals surface area contributed by atoms with E-state index in [4.69, 9.17) is 16.7 Å². The molecular formula is C10H8ClFN2O. The largest absolute Gasteiger partial charge is 0.505 e. The zero-order chi connectivity index (χ0) is 10.8. The lowest BCUT2D eigenvalue weighted by Gasteiger charge is -2.03. The second-order valence-electron chi connectivity index (χ2n) is 3.13. The minimum Gasteiger partial charge on any atom is -0.505 e. The van der Waals surface area contributed by atoms with Crippen LogP contribution in [0, 0.1) is 5.82 Å². The van der Waals surface area contributed by atoms with E-state index in [1.54, 1.807) is 6.07 Å². The molecule has 5 heteroatoms. The molecule has 2 aromatic rings. The second kappa shape index (κ2) is 3.90. The van der Waals surface area contributed by atoms with Crippen LogP contribution in [-0.4, -0.2) is 14.9 Å². The SMILES string of the molecule is Oc1cnn(Cc2ccc(F)cc2Cl)c1. The number of hydrogen-bond donors (Lipinski definition) is 1. The van der Waals surface area contributed by atoms with Crippen LogP contribution in [0.4, 0.5) is 4.39 Å². The Morgan fingerprint density at radius 2 is 2.27 bits per heavy atom. The topological polar surface area (TPSA) is 38.1 Å². The number of halogens is 2. The van der Waals surface area contributed by atoms with Gasteiger partial charge in [0.15, 0.2) is 5.75 Å². The van der Waals surface area contributed by atoms with E-state index in [0.717, 1.165) is 5.56 Å². The number of aromatic nitrogens is 2. The molecule has 1 aromatic heterocycles. The number of benzene rings is 1. The number of aromatic hydroxyl groups is 1. The molecule has 3 nitrogen and oxygen atoms in total. The first-order chi connectivity index (χ1) is 7.15. The van der Waals surface area contributed by atoms with Crippen molar-refractivity contribution in [2.75, 3.05) is 0 Å². The predicted molar refractivity (Wildman–Crippen MR) is 54.4 cm³/mol. The van der Waals surface area contributed by atoms with Crippen LogP contribution in [-0.2, 0) is 6.54 Å². The van der Waals surface area contributed by atoms with Crippen molar-refractivity contribution in [2.45, 2.75) is 6.54 Å². The van der Waals surface area contributed by atoms with Gasteiger partial charge in [-0.25, -0.2) is 4.39 Å². The quantitative estimate of drug-likeness (QED) is 0.854. The first-order valence-corrected chi connectivity index (χ1v) is 4.68. The Labute approximate surface area is 90.7 Å². The van der Waals surface area contributed by atoms with Gasteiger partial charge >= 0.3 is 0 Å². The molecule has 1 aromatic carbocycles. The van der Waals surface area contributed by atoms with Crippen molar-refractivity contribution in [1.82, 2.24) is 9.78 Å². The Bertz CT molecular complexity index is 484. The summed E-state index contributed by atoms with van der Waals surface area (Å²) < 4.78 is 14.3. The molecule has 0 amide bonds. The Morgan fingerprint density at radius 3 is 2.87 bits per heavy atom. The van der Waals surface area contributed by atoms with Gasteiger partial charge in [-0.1, -0.05) is 17.7 Å². The highest BCUT2D eigenvalue weighted by Crippen LogP contribution is 2.18. The van der Waals surface area contributed by atoms with Crippen LogP contribution < -0.4 is 0 Å². The average molecular weight is 227 g/mol. The smallest absolute Gasteiger partial charge is 0.153 e. The summed E-state index contributed by atoms with van der Waals surface area (Å²) >= 11 is 5.84. The lowest BCUT2D eigenvalue weighted by Crippen LogP contribution is -2.00. The van der Waals surface area contributed by atoms with E-state index in [1.165, 1.54) is 29.2 Å². The van der Waals surface area contributed by atoms with Gasteiger partial charge in [0.05, 0.1) is 18.9 Å². The zero-order valence-electron chi connectivity index (χ0n) is 7.69. The van der Waals surface area contributed by atoms with Gasteiger partial charge < -0.3 is 5.11 Å². The van der Waals surface area contributed by atoms with E-state index >= 15 is 0 Å². The fourth-order valence-electron chi connectivity index (χ4n) is 1.26. The van der Waals surface area contributed by atoms with Crippen LogP contribution in [0.1, 0.15) is 5.56 Å². The van der Waals surface area contributed by atoms with E-state index in [-0.39, 0.29) is 11.6 Å². The summed E-state index contributed by atoms with van der Waals surface area (Å²) in [5, 5.41) is 13.3. The fourth-order valence-corrected chi connectivity index (χ4v) is 1.49. The van der Waals surface area contributed by atoms with Crippen molar-refractivity contribution in [1.29, 1.82) is 0 Å². The lowest BCUT2D eigenvalue weighted by atomic mass is 10.2. The van der Waals surface area contributed by atoms with Gasteiger partial charge in [-0.2, -0.15) is 5.10 Å². The van der Waals surface area contributed by atoms with E-state index in [9.17, 15) is 4.39 Å². The summed E-state index contributed by atoms with van der Waals surface area (Å²) in [6.45, 7) is 0.402. The summed E-state index contributed by atoms with van der Waals surface area (Å²) in [5.41, 5.74) is 0.751. The van der Waals surface area contributed by atoms with Crippen LogP contribution in [0.25, 0.3) is 0 Å². The Morgan fingerprint density at radius 1 is 1.47 bits per heavy atom. The molecule has 15 heavy (non-hydrogen) atoms. The second-order valence-corrected chi connectivity index (χ2v) is 3.54. The zero-order valence-corrected chi connectivity index (χ0v) is 8.45. The third-order valence-corrected chi connectivity index (χ3v) is 2.32. The molecule has 0 fully saturated rings. The summed E-state index contributed by atoms with van der Waals surface area (Å²) in [6, 6.07) is 4.18. The lowest BCUT2D eigenvalue weighted by molar-refractivity contribution is 0.474. The van der Waals surface area contributed by atoms with Crippen LogP contribution in [0.3, 0.4) is 0 Å². The van der Waals surface area contributed by atoms with E-state index < -0.39 is 0 Å². The van der Waals surface area contributed by atoms with Crippen LogP contribution in [0.2, 0.25) is 5.02 Å². The molecule has 0 aliphatic carbocycles. The van der Waals surface area contributed by atoms with Crippen molar-refractivity contribution < 1.29 is 9.50 Å². The highest BCUT2D eigenvalue weighted by Gasteiger charge is 2.03. The van der Waals surface area contributed by atoms with Gasteiger partial charge in [-0.15, -0.1) is 0 Å². The first-order valence-electron chi connectivity index (χ1n) is 4.30. The van der Waals surface area contributed by atoms with Gasteiger partial charge in [0, 0.05) is 5.02 Å². The Hall–Kier alpha value is -1.55. The molecule has 1 N–H and O–H groups in total. The normalized spacial score (nSPS) is 10.5. The maximum absolute atomic E-state index is 12.7. The molecule has 0 spiro atoms. The number of rotatable bonds is 2. The Balaban J connectivity index is 2.24. The minimum absolute atomic E-state index is 0.0910. The highest BCUT2D eigenvalue weighted by molar-refractivity contribution is 6.31. The van der Waals surface area contributed by atoms with Crippen LogP contribution in [0.5, 0.6) is 5.75 Å². The average Bonchev–Trinajstić information content (AvgIpc) is 2.56. The Kier molecular flexibility index (Phi) is 2.60. The number of hydrogen-bond acceptors (Lipinski definition) is 2. The van der Waals surface area contributed by atoms with Crippen molar-refractivity contribution in [3.05, 3.63) is 47.0 Å². The molecule has 0 aliphatic heterocycles. The molecular weight excluding hydrogens is 219 g/mol. The molecule has 0 bridgehead atoms. The van der Waals surface area contributed by atoms with Crippen LogP contribution >= 0.6 is 11.6 Å². The van der Waals surface area contributed by atoms with Crippen molar-refractivity contribution in [3.63, 3.8) is 0 Å². The third-order valence-electron chi connectivity index (χ3n) is 1.97. The fraction of sp³-hybridized carbons (Fsp3) is 0.100. The maximum Gasteiger partial charge on any atom is 0.153 e. The van der Waals surface area contributed by atoms with Crippen molar-refractivity contribution in [2.24, 2.45) is 0 Å².